The topological polar surface area (TPSA) is 162 Å². The summed E-state index contributed by atoms with van der Waals surface area (Å²) in [5.74, 6) is 0.190. The maximum absolute atomic E-state index is 13.7. The number of nitrogens with zero attached hydrogens (tertiary/aromatic N) is 6. The molecule has 0 bridgehead atoms. The van der Waals surface area contributed by atoms with Gasteiger partial charge in [-0.15, -0.1) is 0 Å². The van der Waals surface area contributed by atoms with Crippen LogP contribution in [0.15, 0.2) is 54.9 Å². The Bertz CT molecular complexity index is 2340. The Balaban J connectivity index is 0.688. The van der Waals surface area contributed by atoms with E-state index in [1.165, 1.54) is 18.5 Å². The number of hydrogen-bond acceptors (Lipinski definition) is 12. The van der Waals surface area contributed by atoms with Crippen molar-refractivity contribution in [1.82, 2.24) is 34.9 Å². The third-order valence-electron chi connectivity index (χ3n) is 12.9. The number of piperidine rings is 2. The number of amides is 4. The van der Waals surface area contributed by atoms with Crippen LogP contribution in [0.4, 0.5) is 21.6 Å². The Hall–Kier alpha value is -5.42. The van der Waals surface area contributed by atoms with E-state index in [1.54, 1.807) is 36.3 Å². The first-order valence-electron chi connectivity index (χ1n) is 22.6. The molecule has 0 spiro atoms. The summed E-state index contributed by atoms with van der Waals surface area (Å²) in [5.41, 5.74) is 3.10. The normalized spacial score (nSPS) is 18.9. The van der Waals surface area contributed by atoms with Gasteiger partial charge in [-0.3, -0.25) is 29.4 Å². The number of unbranched alkanes of at least 4 members (excludes halogenated alkanes) is 3. The highest BCUT2D eigenvalue weighted by molar-refractivity contribution is 6.31. The molecular weight excluding hydrogens is 841 g/mol. The number of piperazine rings is 1. The Morgan fingerprint density at radius 1 is 0.891 bits per heavy atom. The summed E-state index contributed by atoms with van der Waals surface area (Å²) in [6, 6.07) is 13.4. The third kappa shape index (κ3) is 10.9. The highest BCUT2D eigenvalue weighted by Gasteiger charge is 2.40. The predicted octanol–water partition coefficient (Wildman–Crippen LogP) is 6.38. The van der Waals surface area contributed by atoms with Crippen molar-refractivity contribution in [2.24, 2.45) is 0 Å². The van der Waals surface area contributed by atoms with Crippen LogP contribution in [0.5, 0.6) is 11.5 Å². The van der Waals surface area contributed by atoms with Gasteiger partial charge in [-0.25, -0.2) is 14.4 Å². The number of anilines is 3. The number of imide groups is 1. The lowest BCUT2D eigenvalue weighted by Gasteiger charge is -2.43. The minimum absolute atomic E-state index is 0.00293. The minimum atomic E-state index is -0.634. The number of benzene rings is 3. The number of likely N-dealkylation sites (tertiary alicyclic amines) is 1. The van der Waals surface area contributed by atoms with Crippen LogP contribution in [-0.2, 0) is 20.9 Å². The summed E-state index contributed by atoms with van der Waals surface area (Å²) in [6.07, 6.45) is 9.73. The lowest BCUT2D eigenvalue weighted by atomic mass is 10.0. The van der Waals surface area contributed by atoms with Crippen LogP contribution in [0, 0.1) is 5.82 Å². The number of halogens is 2. The fourth-order valence-corrected chi connectivity index (χ4v) is 9.54. The van der Waals surface area contributed by atoms with Gasteiger partial charge in [-0.1, -0.05) is 30.5 Å². The van der Waals surface area contributed by atoms with Crippen LogP contribution >= 0.6 is 11.6 Å². The van der Waals surface area contributed by atoms with Crippen LogP contribution in [0.2, 0.25) is 5.02 Å². The van der Waals surface area contributed by atoms with Gasteiger partial charge in [0.2, 0.25) is 17.7 Å². The van der Waals surface area contributed by atoms with Crippen LogP contribution < -0.4 is 25.4 Å². The molecule has 4 amide bonds. The predicted molar refractivity (Wildman–Crippen MR) is 243 cm³/mol. The van der Waals surface area contributed by atoms with Gasteiger partial charge < -0.3 is 34.8 Å². The summed E-state index contributed by atoms with van der Waals surface area (Å²) in [5, 5.41) is 9.21. The van der Waals surface area contributed by atoms with Gasteiger partial charge in [0.25, 0.3) is 5.91 Å². The van der Waals surface area contributed by atoms with E-state index in [9.17, 15) is 23.6 Å². The van der Waals surface area contributed by atoms with Gasteiger partial charge >= 0.3 is 0 Å². The molecule has 0 aliphatic carbocycles. The fraction of sp³-hybridized carbons (Fsp3) is 0.489. The summed E-state index contributed by atoms with van der Waals surface area (Å²) in [4.78, 5) is 68.3. The average Bonchev–Trinajstić information content (AvgIpc) is 3.63. The lowest BCUT2D eigenvalue weighted by Crippen LogP contribution is -2.53. The minimum Gasteiger partial charge on any atom is -0.494 e. The third-order valence-corrected chi connectivity index (χ3v) is 13.2. The quantitative estimate of drug-likeness (QED) is 0.0749. The summed E-state index contributed by atoms with van der Waals surface area (Å²) in [7, 11) is 1.55. The number of ether oxygens (including phenoxy) is 2. The highest BCUT2D eigenvalue weighted by Crippen LogP contribution is 2.35. The van der Waals surface area contributed by atoms with Crippen molar-refractivity contribution in [3.05, 3.63) is 76.8 Å². The molecule has 8 rings (SSSR count). The molecule has 5 heterocycles. The Morgan fingerprint density at radius 3 is 2.45 bits per heavy atom. The zero-order chi connectivity index (χ0) is 44.6. The van der Waals surface area contributed by atoms with Gasteiger partial charge in [0.15, 0.2) is 0 Å². The second-order valence-electron chi connectivity index (χ2n) is 17.1. The zero-order valence-electron chi connectivity index (χ0n) is 36.4. The molecule has 3 aromatic carbocycles. The Labute approximate surface area is 378 Å². The SMILES string of the molecule is COc1cc2ncnc(Nc3ccc(F)c(Cl)c3)c2cc1NC(=O)CCCN1CCC(N2CCN(CCCCCCOc3cccc4c3CN(C3CCC(=O)NC3=O)C4=O)CC2)CC1. The van der Waals surface area contributed by atoms with E-state index in [2.05, 4.69) is 40.6 Å². The van der Waals surface area contributed by atoms with E-state index in [1.807, 2.05) is 12.1 Å². The van der Waals surface area contributed by atoms with Crippen LogP contribution in [0.1, 0.15) is 80.1 Å². The van der Waals surface area contributed by atoms with Crippen LogP contribution in [-0.4, -0.2) is 131 Å². The largest absolute Gasteiger partial charge is 0.494 e. The zero-order valence-corrected chi connectivity index (χ0v) is 37.1. The van der Waals surface area contributed by atoms with Crippen molar-refractivity contribution >= 4 is 63.3 Å². The first kappa shape index (κ1) is 45.2. The molecule has 1 unspecified atom stereocenters. The molecular formula is C47H57ClFN9O6. The van der Waals surface area contributed by atoms with E-state index in [-0.39, 0.29) is 29.2 Å². The number of nitrogens with one attached hydrogen (secondary N) is 3. The molecule has 3 fully saturated rings. The molecule has 64 heavy (non-hydrogen) atoms. The number of rotatable bonds is 18. The fourth-order valence-electron chi connectivity index (χ4n) is 9.36. The molecule has 3 saturated heterocycles. The van der Waals surface area contributed by atoms with E-state index >= 15 is 0 Å². The number of hydrogen-bond donors (Lipinski definition) is 3. The monoisotopic (exact) mass is 897 g/mol. The van der Waals surface area contributed by atoms with Crippen molar-refractivity contribution in [3.8, 4) is 11.5 Å². The van der Waals surface area contributed by atoms with Crippen molar-refractivity contribution in [2.75, 3.05) is 76.7 Å². The molecule has 0 saturated carbocycles. The molecule has 0 radical (unpaired) electrons. The average molecular weight is 898 g/mol. The van der Waals surface area contributed by atoms with E-state index in [0.717, 1.165) is 103 Å². The Morgan fingerprint density at radius 2 is 1.67 bits per heavy atom. The first-order valence-corrected chi connectivity index (χ1v) is 22.9. The smallest absolute Gasteiger partial charge is 0.255 e. The number of carbonyl (C=O) groups is 4. The molecule has 17 heteroatoms. The number of carbonyl (C=O) groups excluding carboxylic acids is 4. The van der Waals surface area contributed by atoms with Crippen molar-refractivity contribution in [2.45, 2.75) is 82.8 Å². The van der Waals surface area contributed by atoms with Gasteiger partial charge in [0.1, 0.15) is 35.5 Å². The van der Waals surface area contributed by atoms with Crippen LogP contribution in [0.3, 0.4) is 0 Å². The molecule has 3 N–H and O–H groups in total. The number of fused-ring (bicyclic) bond motifs is 2. The lowest BCUT2D eigenvalue weighted by molar-refractivity contribution is -0.137. The van der Waals surface area contributed by atoms with E-state index in [4.69, 9.17) is 21.1 Å². The molecule has 15 nitrogen and oxygen atoms in total. The molecule has 1 atom stereocenters. The van der Waals surface area contributed by atoms with Gasteiger partial charge in [-0.05, 0) is 101 Å². The standard InChI is InChI=1S/C47H57ClFN9O6/c1-63-42-28-38-34(45(51-30-50-38)52-31-11-12-37(49)36(48)26-31)27-39(42)53-43(59)10-7-18-55-19-15-32(16-20-55)57-23-21-56(22-24-57)17-4-2-3-5-25-64-41-9-6-8-33-35(41)29-58(47(33)62)40-13-14-44(60)54-46(40)61/h6,8-9,11-12,26-28,30,32,40H,2-5,7,10,13-25,29H2,1H3,(H,53,59)(H,50,51,52)(H,54,60,61). The highest BCUT2D eigenvalue weighted by atomic mass is 35.5. The molecule has 4 aliphatic heterocycles. The maximum atomic E-state index is 13.7. The van der Waals surface area contributed by atoms with Gasteiger partial charge in [0.05, 0.1) is 36.5 Å². The van der Waals surface area contributed by atoms with E-state index in [0.29, 0.717) is 77.2 Å². The second kappa shape index (κ2) is 21.0. The second-order valence-corrected chi connectivity index (χ2v) is 17.5. The Kier molecular flexibility index (Phi) is 14.9. The van der Waals surface area contributed by atoms with Crippen molar-refractivity contribution in [1.29, 1.82) is 0 Å². The molecule has 340 valence electrons. The molecule has 4 aromatic rings. The molecule has 4 aliphatic rings. The number of aromatic nitrogens is 2. The summed E-state index contributed by atoms with van der Waals surface area (Å²) in [6.45, 7) is 9.35. The van der Waals surface area contributed by atoms with Crippen molar-refractivity contribution in [3.63, 3.8) is 0 Å². The first-order chi connectivity index (χ1) is 31.1. The summed E-state index contributed by atoms with van der Waals surface area (Å²) >= 11 is 5.98. The number of methoxy groups -OCH3 is 1. The van der Waals surface area contributed by atoms with Crippen LogP contribution in [0.25, 0.3) is 10.9 Å². The van der Waals surface area contributed by atoms with E-state index < -0.39 is 17.8 Å². The molecule has 1 aromatic heterocycles. The maximum Gasteiger partial charge on any atom is 0.255 e. The van der Waals surface area contributed by atoms with Crippen molar-refractivity contribution < 1.29 is 33.0 Å². The summed E-state index contributed by atoms with van der Waals surface area (Å²) < 4.78 is 25.5. The van der Waals surface area contributed by atoms with Gasteiger partial charge in [-0.2, -0.15) is 0 Å². The van der Waals surface area contributed by atoms with Gasteiger partial charge in [0, 0.05) is 73.3 Å².